The first-order valence-corrected chi connectivity index (χ1v) is 7.45. The molecule has 1 unspecified atom stereocenters. The first-order valence-electron chi connectivity index (χ1n) is 6.32. The molecule has 0 saturated heterocycles. The van der Waals surface area contributed by atoms with Crippen LogP contribution in [0, 0.1) is 0 Å². The summed E-state index contributed by atoms with van der Waals surface area (Å²) in [4.78, 5) is 12.2. The van der Waals surface area contributed by atoms with Gasteiger partial charge >= 0.3 is 0 Å². The van der Waals surface area contributed by atoms with Gasteiger partial charge in [-0.25, -0.2) is 0 Å². The van der Waals surface area contributed by atoms with E-state index in [2.05, 4.69) is 10.6 Å². The molecule has 0 fully saturated rings. The van der Waals surface area contributed by atoms with Crippen LogP contribution in [-0.4, -0.2) is 28.5 Å². The predicted molar refractivity (Wildman–Crippen MR) is 87.4 cm³/mol. The molecule has 0 aliphatic heterocycles. The SMILES string of the molecule is COc1ccc(C(=O)NC(NC(C)(C)C)C(Cl)(Cl)Cl)cc1. The lowest BCUT2D eigenvalue weighted by atomic mass is 10.1. The van der Waals surface area contributed by atoms with E-state index in [1.807, 2.05) is 20.8 Å². The van der Waals surface area contributed by atoms with E-state index in [0.717, 1.165) is 0 Å². The van der Waals surface area contributed by atoms with Crippen molar-refractivity contribution in [2.45, 2.75) is 36.3 Å². The summed E-state index contributed by atoms with van der Waals surface area (Å²) < 4.78 is 3.37. The normalized spacial score (nSPS) is 13.7. The maximum Gasteiger partial charge on any atom is 0.252 e. The molecule has 7 heteroatoms. The second kappa shape index (κ2) is 7.05. The monoisotopic (exact) mass is 352 g/mol. The fourth-order valence-electron chi connectivity index (χ4n) is 1.59. The van der Waals surface area contributed by atoms with Gasteiger partial charge in [0, 0.05) is 11.1 Å². The highest BCUT2D eigenvalue weighted by Gasteiger charge is 2.36. The lowest BCUT2D eigenvalue weighted by Crippen LogP contribution is -2.58. The van der Waals surface area contributed by atoms with Gasteiger partial charge in [-0.15, -0.1) is 0 Å². The van der Waals surface area contributed by atoms with E-state index in [1.165, 1.54) is 0 Å². The Morgan fingerprint density at radius 3 is 2.05 bits per heavy atom. The van der Waals surface area contributed by atoms with Gasteiger partial charge in [-0.3, -0.25) is 10.1 Å². The molecule has 1 aromatic rings. The number of amides is 1. The number of carbonyl (C=O) groups excluding carboxylic acids is 1. The van der Waals surface area contributed by atoms with Crippen molar-refractivity contribution in [3.05, 3.63) is 29.8 Å². The van der Waals surface area contributed by atoms with Crippen LogP contribution in [-0.2, 0) is 0 Å². The van der Waals surface area contributed by atoms with E-state index in [-0.39, 0.29) is 11.4 Å². The molecule has 0 spiro atoms. The van der Waals surface area contributed by atoms with E-state index in [4.69, 9.17) is 39.5 Å². The van der Waals surface area contributed by atoms with Gasteiger partial charge in [0.25, 0.3) is 5.91 Å². The molecule has 0 radical (unpaired) electrons. The molecule has 1 rings (SSSR count). The zero-order valence-corrected chi connectivity index (χ0v) is 14.6. The Labute approximate surface area is 140 Å². The van der Waals surface area contributed by atoms with Crippen LogP contribution in [0.4, 0.5) is 0 Å². The molecule has 4 nitrogen and oxygen atoms in total. The summed E-state index contributed by atoms with van der Waals surface area (Å²) in [6.07, 6.45) is -0.822. The van der Waals surface area contributed by atoms with Crippen molar-refractivity contribution in [1.29, 1.82) is 0 Å². The van der Waals surface area contributed by atoms with Crippen molar-refractivity contribution in [2.75, 3.05) is 7.11 Å². The summed E-state index contributed by atoms with van der Waals surface area (Å²) in [6.45, 7) is 5.74. The molecule has 21 heavy (non-hydrogen) atoms. The van der Waals surface area contributed by atoms with Gasteiger partial charge in [-0.1, -0.05) is 34.8 Å². The highest BCUT2D eigenvalue weighted by atomic mass is 35.6. The van der Waals surface area contributed by atoms with Crippen molar-refractivity contribution < 1.29 is 9.53 Å². The van der Waals surface area contributed by atoms with Crippen molar-refractivity contribution in [3.63, 3.8) is 0 Å². The van der Waals surface area contributed by atoms with Crippen LogP contribution >= 0.6 is 34.8 Å². The highest BCUT2D eigenvalue weighted by molar-refractivity contribution is 6.68. The van der Waals surface area contributed by atoms with Gasteiger partial charge < -0.3 is 10.1 Å². The third-order valence-corrected chi connectivity index (χ3v) is 3.19. The van der Waals surface area contributed by atoms with Crippen LogP contribution in [0.25, 0.3) is 0 Å². The average molecular weight is 354 g/mol. The second-order valence-corrected chi connectivity index (χ2v) is 7.94. The standard InChI is InChI=1S/C14H19Cl3N2O2/c1-13(2,3)19-12(14(15,16)17)18-11(20)9-5-7-10(21-4)8-6-9/h5-8,12,19H,1-4H3,(H,18,20). The maximum absolute atomic E-state index is 12.2. The first-order chi connectivity index (χ1) is 9.53. The molecule has 0 aromatic heterocycles. The minimum Gasteiger partial charge on any atom is -0.497 e. The lowest BCUT2D eigenvalue weighted by Gasteiger charge is -2.33. The largest absolute Gasteiger partial charge is 0.497 e. The molecule has 1 atom stereocenters. The van der Waals surface area contributed by atoms with Crippen LogP contribution in [0.3, 0.4) is 0 Å². The fraction of sp³-hybridized carbons (Fsp3) is 0.500. The Kier molecular flexibility index (Phi) is 6.17. The van der Waals surface area contributed by atoms with Crippen molar-refractivity contribution in [1.82, 2.24) is 10.6 Å². The summed E-state index contributed by atoms with van der Waals surface area (Å²) in [5.41, 5.74) is 0.118. The van der Waals surface area contributed by atoms with E-state index >= 15 is 0 Å². The highest BCUT2D eigenvalue weighted by Crippen LogP contribution is 2.30. The number of rotatable bonds is 4. The van der Waals surface area contributed by atoms with Gasteiger partial charge in [0.1, 0.15) is 11.9 Å². The molecule has 0 aliphatic rings. The molecule has 118 valence electrons. The van der Waals surface area contributed by atoms with Crippen LogP contribution in [0.1, 0.15) is 31.1 Å². The quantitative estimate of drug-likeness (QED) is 0.643. The fourth-order valence-corrected chi connectivity index (χ4v) is 1.92. The first kappa shape index (κ1) is 18.4. The van der Waals surface area contributed by atoms with E-state index in [1.54, 1.807) is 31.4 Å². The Morgan fingerprint density at radius 1 is 1.14 bits per heavy atom. The average Bonchev–Trinajstić information content (AvgIpc) is 2.35. The molecule has 0 bridgehead atoms. The molecular formula is C14H19Cl3N2O2. The Hall–Kier alpha value is -0.680. The van der Waals surface area contributed by atoms with Gasteiger partial charge in [-0.2, -0.15) is 0 Å². The van der Waals surface area contributed by atoms with Gasteiger partial charge in [0.05, 0.1) is 7.11 Å². The molecule has 0 aliphatic carbocycles. The summed E-state index contributed by atoms with van der Waals surface area (Å²) >= 11 is 17.8. The lowest BCUT2D eigenvalue weighted by molar-refractivity contribution is 0.0922. The van der Waals surface area contributed by atoms with Gasteiger partial charge in [0.15, 0.2) is 0 Å². The van der Waals surface area contributed by atoms with Crippen LogP contribution in [0.2, 0.25) is 0 Å². The minimum atomic E-state index is -1.67. The maximum atomic E-state index is 12.2. The molecule has 0 saturated carbocycles. The van der Waals surface area contributed by atoms with Crippen LogP contribution in [0.15, 0.2) is 24.3 Å². The van der Waals surface area contributed by atoms with Crippen molar-refractivity contribution in [2.24, 2.45) is 0 Å². The Morgan fingerprint density at radius 2 is 1.67 bits per heavy atom. The number of halogens is 3. The molecule has 1 amide bonds. The summed E-state index contributed by atoms with van der Waals surface area (Å²) in [5, 5.41) is 5.75. The topological polar surface area (TPSA) is 50.4 Å². The molecular weight excluding hydrogens is 335 g/mol. The minimum absolute atomic E-state index is 0.332. The van der Waals surface area contributed by atoms with Gasteiger partial charge in [-0.05, 0) is 45.0 Å². The zero-order chi connectivity index (χ0) is 16.3. The summed E-state index contributed by atoms with van der Waals surface area (Å²) in [5.74, 6) is 0.322. The third-order valence-electron chi connectivity index (χ3n) is 2.53. The predicted octanol–water partition coefficient (Wildman–Crippen LogP) is 3.51. The zero-order valence-electron chi connectivity index (χ0n) is 12.3. The number of alkyl halides is 3. The number of nitrogens with one attached hydrogen (secondary N) is 2. The number of hydrogen-bond acceptors (Lipinski definition) is 3. The van der Waals surface area contributed by atoms with E-state index < -0.39 is 9.96 Å². The summed E-state index contributed by atoms with van der Waals surface area (Å²) in [6, 6.07) is 6.66. The number of benzene rings is 1. The molecule has 2 N–H and O–H groups in total. The number of ether oxygens (including phenoxy) is 1. The summed E-state index contributed by atoms with van der Waals surface area (Å²) in [7, 11) is 1.56. The van der Waals surface area contributed by atoms with E-state index in [9.17, 15) is 4.79 Å². The number of carbonyl (C=O) groups is 1. The van der Waals surface area contributed by atoms with Gasteiger partial charge in [0.2, 0.25) is 3.79 Å². The van der Waals surface area contributed by atoms with Crippen LogP contribution < -0.4 is 15.4 Å². The number of hydrogen-bond donors (Lipinski definition) is 2. The third kappa shape index (κ3) is 6.30. The second-order valence-electron chi connectivity index (χ2n) is 5.57. The molecule has 1 aromatic carbocycles. The van der Waals surface area contributed by atoms with Crippen molar-refractivity contribution in [3.8, 4) is 5.75 Å². The van der Waals surface area contributed by atoms with E-state index in [0.29, 0.717) is 11.3 Å². The number of methoxy groups -OCH3 is 1. The van der Waals surface area contributed by atoms with Crippen molar-refractivity contribution >= 4 is 40.7 Å². The Bertz CT molecular complexity index is 478. The van der Waals surface area contributed by atoms with Crippen LogP contribution in [0.5, 0.6) is 5.75 Å². The Balaban J connectivity index is 2.84. The smallest absolute Gasteiger partial charge is 0.252 e. The molecule has 0 heterocycles.